The first-order valence-corrected chi connectivity index (χ1v) is 7.30. The molecule has 1 N–H and O–H groups in total. The van der Waals surface area contributed by atoms with Gasteiger partial charge in [0, 0.05) is 15.9 Å². The Labute approximate surface area is 127 Å². The number of benzene rings is 1. The Balaban J connectivity index is 1.98. The van der Waals surface area contributed by atoms with Gasteiger partial charge in [0.2, 0.25) is 5.82 Å². The molecular formula is C13H9BrN2O3S. The summed E-state index contributed by atoms with van der Waals surface area (Å²) in [6, 6.07) is 6.81. The highest BCUT2D eigenvalue weighted by Crippen LogP contribution is 2.34. The van der Waals surface area contributed by atoms with Gasteiger partial charge in [0.1, 0.15) is 11.5 Å². The highest BCUT2D eigenvalue weighted by Gasteiger charge is 2.15. The lowest BCUT2D eigenvalue weighted by Crippen LogP contribution is -1.84. The van der Waals surface area contributed by atoms with Gasteiger partial charge in [-0.15, -0.1) is 11.3 Å². The number of rotatable bonds is 3. The van der Waals surface area contributed by atoms with Crippen molar-refractivity contribution in [1.29, 1.82) is 0 Å². The number of nitrogens with zero attached hydrogens (tertiary/aromatic N) is 2. The van der Waals surface area contributed by atoms with E-state index in [-0.39, 0.29) is 11.6 Å². The molecule has 0 aliphatic rings. The van der Waals surface area contributed by atoms with Crippen LogP contribution in [0.3, 0.4) is 0 Å². The van der Waals surface area contributed by atoms with E-state index in [1.807, 2.05) is 11.4 Å². The average molecular weight is 353 g/mol. The number of phenols is 1. The number of ether oxygens (including phenoxy) is 1. The van der Waals surface area contributed by atoms with Gasteiger partial charge in [-0.3, -0.25) is 0 Å². The van der Waals surface area contributed by atoms with Crippen LogP contribution in [-0.4, -0.2) is 22.4 Å². The molecule has 0 bridgehead atoms. The fraction of sp³-hybridized carbons (Fsp3) is 0.0769. The van der Waals surface area contributed by atoms with E-state index < -0.39 is 0 Å². The first kappa shape index (κ1) is 13.1. The van der Waals surface area contributed by atoms with E-state index >= 15 is 0 Å². The minimum Gasteiger partial charge on any atom is -0.507 e. The molecule has 102 valence electrons. The zero-order valence-corrected chi connectivity index (χ0v) is 12.7. The van der Waals surface area contributed by atoms with Crippen LogP contribution in [0.25, 0.3) is 22.2 Å². The van der Waals surface area contributed by atoms with Crippen molar-refractivity contribution in [3.05, 3.63) is 34.1 Å². The van der Waals surface area contributed by atoms with Gasteiger partial charge >= 0.3 is 0 Å². The van der Waals surface area contributed by atoms with Crippen molar-refractivity contribution < 1.29 is 14.4 Å². The van der Waals surface area contributed by atoms with Crippen molar-refractivity contribution in [2.45, 2.75) is 0 Å². The minimum absolute atomic E-state index is 0.0342. The summed E-state index contributed by atoms with van der Waals surface area (Å²) in [6.45, 7) is 0. The number of hydrogen-bond acceptors (Lipinski definition) is 6. The van der Waals surface area contributed by atoms with Crippen molar-refractivity contribution >= 4 is 27.3 Å². The number of aromatic nitrogens is 2. The molecule has 0 saturated carbocycles. The standard InChI is InChI=1S/C13H9BrN2O3S/c1-18-8-2-3-9(10(17)5-8)13-15-12(16-19-13)11-4-7(14)6-20-11/h2-6,17H,1H3. The van der Waals surface area contributed by atoms with Gasteiger partial charge in [-0.25, -0.2) is 0 Å². The van der Waals surface area contributed by atoms with Gasteiger partial charge in [0.25, 0.3) is 5.89 Å². The average Bonchev–Trinajstić information content (AvgIpc) is 3.07. The maximum absolute atomic E-state index is 9.95. The largest absolute Gasteiger partial charge is 0.507 e. The molecular weight excluding hydrogens is 344 g/mol. The molecule has 2 heterocycles. The number of aromatic hydroxyl groups is 1. The van der Waals surface area contributed by atoms with E-state index in [1.165, 1.54) is 24.5 Å². The smallest absolute Gasteiger partial charge is 0.262 e. The van der Waals surface area contributed by atoms with Crippen molar-refractivity contribution in [2.24, 2.45) is 0 Å². The second-order valence-corrected chi connectivity index (χ2v) is 5.76. The molecule has 0 atom stereocenters. The maximum Gasteiger partial charge on any atom is 0.262 e. The third-order valence-corrected chi connectivity index (χ3v) is 4.34. The zero-order valence-electron chi connectivity index (χ0n) is 10.3. The molecule has 0 fully saturated rings. The first-order valence-electron chi connectivity index (χ1n) is 5.63. The van der Waals surface area contributed by atoms with Gasteiger partial charge in [-0.2, -0.15) is 4.98 Å². The number of halogens is 1. The molecule has 3 rings (SSSR count). The summed E-state index contributed by atoms with van der Waals surface area (Å²) >= 11 is 4.89. The number of thiophene rings is 1. The van der Waals surface area contributed by atoms with Crippen LogP contribution in [0.1, 0.15) is 0 Å². The Bertz CT molecular complexity index is 754. The predicted molar refractivity (Wildman–Crippen MR) is 79.0 cm³/mol. The van der Waals surface area contributed by atoms with E-state index in [2.05, 4.69) is 26.1 Å². The molecule has 3 aromatic rings. The third-order valence-electron chi connectivity index (χ3n) is 2.65. The molecule has 20 heavy (non-hydrogen) atoms. The van der Waals surface area contributed by atoms with E-state index in [9.17, 15) is 5.11 Å². The molecule has 1 aromatic carbocycles. The molecule has 0 unspecified atom stereocenters. The van der Waals surface area contributed by atoms with Crippen LogP contribution in [0.5, 0.6) is 11.5 Å². The van der Waals surface area contributed by atoms with Crippen molar-refractivity contribution in [3.8, 4) is 33.7 Å². The minimum atomic E-state index is 0.0342. The Morgan fingerprint density at radius 3 is 2.85 bits per heavy atom. The molecule has 0 saturated heterocycles. The van der Waals surface area contributed by atoms with Crippen LogP contribution in [0, 0.1) is 0 Å². The van der Waals surface area contributed by atoms with Crippen LogP contribution in [0.4, 0.5) is 0 Å². The highest BCUT2D eigenvalue weighted by molar-refractivity contribution is 9.10. The second kappa shape index (κ2) is 5.26. The summed E-state index contributed by atoms with van der Waals surface area (Å²) in [5, 5.41) is 15.8. The number of phenolic OH excluding ortho intramolecular Hbond substituents is 1. The van der Waals surface area contributed by atoms with Gasteiger partial charge < -0.3 is 14.4 Å². The van der Waals surface area contributed by atoms with E-state index in [0.717, 1.165) is 9.35 Å². The van der Waals surface area contributed by atoms with Gasteiger partial charge in [-0.05, 0) is 34.1 Å². The summed E-state index contributed by atoms with van der Waals surface area (Å²) in [4.78, 5) is 5.18. The fourth-order valence-corrected chi connectivity index (χ4v) is 3.03. The third kappa shape index (κ3) is 2.41. The Kier molecular flexibility index (Phi) is 3.45. The van der Waals surface area contributed by atoms with Gasteiger partial charge in [0.05, 0.1) is 17.6 Å². The summed E-state index contributed by atoms with van der Waals surface area (Å²) in [7, 11) is 1.54. The Morgan fingerprint density at radius 2 is 2.20 bits per heavy atom. The van der Waals surface area contributed by atoms with Crippen LogP contribution in [-0.2, 0) is 0 Å². The number of methoxy groups -OCH3 is 1. The highest BCUT2D eigenvalue weighted by atomic mass is 79.9. The molecule has 0 spiro atoms. The molecule has 5 nitrogen and oxygen atoms in total. The SMILES string of the molecule is COc1ccc(-c2nc(-c3cc(Br)cs3)no2)c(O)c1. The molecule has 0 amide bonds. The first-order chi connectivity index (χ1) is 9.67. The van der Waals surface area contributed by atoms with E-state index in [1.54, 1.807) is 12.1 Å². The lowest BCUT2D eigenvalue weighted by molar-refractivity contribution is 0.405. The summed E-state index contributed by atoms with van der Waals surface area (Å²) in [5.41, 5.74) is 0.472. The van der Waals surface area contributed by atoms with Crippen molar-refractivity contribution in [1.82, 2.24) is 10.1 Å². The quantitative estimate of drug-likeness (QED) is 0.772. The van der Waals surface area contributed by atoms with Crippen molar-refractivity contribution in [2.75, 3.05) is 7.11 Å². The summed E-state index contributed by atoms with van der Waals surface area (Å²) in [6.07, 6.45) is 0. The topological polar surface area (TPSA) is 68.4 Å². The van der Waals surface area contributed by atoms with Crippen LogP contribution in [0.15, 0.2) is 38.6 Å². The predicted octanol–water partition coefficient (Wildman–Crippen LogP) is 3.94. The van der Waals surface area contributed by atoms with Crippen LogP contribution in [0.2, 0.25) is 0 Å². The molecule has 2 aromatic heterocycles. The van der Waals surface area contributed by atoms with Crippen LogP contribution < -0.4 is 4.74 Å². The van der Waals surface area contributed by atoms with Gasteiger partial charge in [0.15, 0.2) is 0 Å². The fourth-order valence-electron chi connectivity index (χ4n) is 1.68. The Morgan fingerprint density at radius 1 is 1.35 bits per heavy atom. The summed E-state index contributed by atoms with van der Waals surface area (Å²) in [5.74, 6) is 1.36. The number of hydrogen-bond donors (Lipinski definition) is 1. The normalized spacial score (nSPS) is 10.7. The van der Waals surface area contributed by atoms with Crippen LogP contribution >= 0.6 is 27.3 Å². The summed E-state index contributed by atoms with van der Waals surface area (Å²) < 4.78 is 11.2. The monoisotopic (exact) mass is 352 g/mol. The van der Waals surface area contributed by atoms with Gasteiger partial charge in [-0.1, -0.05) is 5.16 Å². The molecule has 7 heteroatoms. The molecule has 0 radical (unpaired) electrons. The van der Waals surface area contributed by atoms with E-state index in [4.69, 9.17) is 9.26 Å². The molecule has 0 aliphatic carbocycles. The maximum atomic E-state index is 9.95. The van der Waals surface area contributed by atoms with Crippen molar-refractivity contribution in [3.63, 3.8) is 0 Å². The van der Waals surface area contributed by atoms with E-state index in [0.29, 0.717) is 17.1 Å². The second-order valence-electron chi connectivity index (χ2n) is 3.94. The zero-order chi connectivity index (χ0) is 14.1. The Hall–Kier alpha value is -1.86. The molecule has 0 aliphatic heterocycles. The lowest BCUT2D eigenvalue weighted by atomic mass is 10.2. The lowest BCUT2D eigenvalue weighted by Gasteiger charge is -2.02.